The molecule has 0 saturated carbocycles. The first kappa shape index (κ1) is 17.0. The molecule has 8 heteroatoms. The lowest BCUT2D eigenvalue weighted by molar-refractivity contribution is -0.149. The molecule has 0 aromatic carbocycles. The van der Waals surface area contributed by atoms with Crippen LogP contribution in [0.25, 0.3) is 0 Å². The lowest BCUT2D eigenvalue weighted by atomic mass is 9.97. The summed E-state index contributed by atoms with van der Waals surface area (Å²) in [6.07, 6.45) is 0.0366. The van der Waals surface area contributed by atoms with Crippen molar-refractivity contribution in [2.75, 3.05) is 13.1 Å². The number of nitrogens with zero attached hydrogens (tertiary/aromatic N) is 1. The molecule has 0 saturated heterocycles. The molecule has 4 N–H and O–H groups in total. The minimum atomic E-state index is -1.30. The monoisotopic (exact) mass is 299 g/mol. The number of nitrogens with two attached hydrogens (primary N) is 1. The second-order valence-electron chi connectivity index (χ2n) is 4.69. The molecule has 2 amide bonds. The Bertz CT molecular complexity index is 459. The van der Waals surface area contributed by atoms with Gasteiger partial charge in [-0.1, -0.05) is 0 Å². The van der Waals surface area contributed by atoms with Crippen molar-refractivity contribution in [1.82, 2.24) is 10.2 Å². The summed E-state index contributed by atoms with van der Waals surface area (Å²) in [5, 5.41) is 11.6. The van der Waals surface area contributed by atoms with Crippen LogP contribution in [0.3, 0.4) is 0 Å². The Labute approximate surface area is 122 Å². The minimum absolute atomic E-state index is 0.372. The van der Waals surface area contributed by atoms with Gasteiger partial charge in [-0.15, -0.1) is 0 Å². The summed E-state index contributed by atoms with van der Waals surface area (Å²) in [6.45, 7) is 5.78. The highest BCUT2D eigenvalue weighted by atomic mass is 16.5. The predicted molar refractivity (Wildman–Crippen MR) is 74.1 cm³/mol. The molecule has 0 aromatic rings. The maximum Gasteiger partial charge on any atom is 0.370 e. The number of carboxylic acids is 1. The lowest BCUT2D eigenvalue weighted by Crippen LogP contribution is -2.61. The Morgan fingerprint density at radius 1 is 1.38 bits per heavy atom. The first-order chi connectivity index (χ1) is 9.81. The van der Waals surface area contributed by atoms with Gasteiger partial charge in [-0.05, 0) is 19.9 Å². The van der Waals surface area contributed by atoms with Crippen molar-refractivity contribution >= 4 is 17.8 Å². The zero-order valence-electron chi connectivity index (χ0n) is 12.3. The fourth-order valence-electron chi connectivity index (χ4n) is 2.18. The number of ether oxygens (including phenoxy) is 1. The van der Waals surface area contributed by atoms with Crippen molar-refractivity contribution in [1.29, 1.82) is 0 Å². The summed E-state index contributed by atoms with van der Waals surface area (Å²) >= 11 is 0. The second kappa shape index (κ2) is 7.07. The van der Waals surface area contributed by atoms with Gasteiger partial charge in [0.2, 0.25) is 11.7 Å². The fraction of sp³-hybridized carbons (Fsp3) is 0.615. The van der Waals surface area contributed by atoms with Gasteiger partial charge in [0.25, 0.3) is 5.91 Å². The maximum atomic E-state index is 12.4. The zero-order chi connectivity index (χ0) is 16.2. The average Bonchev–Trinajstić information content (AvgIpc) is 2.41. The summed E-state index contributed by atoms with van der Waals surface area (Å²) in [6, 6.07) is -1.63. The minimum Gasteiger partial charge on any atom is -0.475 e. The van der Waals surface area contributed by atoms with E-state index in [1.807, 2.05) is 0 Å². The molecule has 0 unspecified atom stereocenters. The Hall–Kier alpha value is -2.09. The molecule has 1 heterocycles. The molecule has 0 bridgehead atoms. The van der Waals surface area contributed by atoms with Crippen LogP contribution >= 0.6 is 0 Å². The topological polar surface area (TPSA) is 122 Å². The van der Waals surface area contributed by atoms with Gasteiger partial charge in [-0.3, -0.25) is 9.59 Å². The van der Waals surface area contributed by atoms with E-state index in [4.69, 9.17) is 15.6 Å². The van der Waals surface area contributed by atoms with Crippen molar-refractivity contribution < 1.29 is 24.2 Å². The van der Waals surface area contributed by atoms with E-state index >= 15 is 0 Å². The van der Waals surface area contributed by atoms with Gasteiger partial charge in [-0.2, -0.15) is 0 Å². The Kier molecular flexibility index (Phi) is 5.71. The molecule has 21 heavy (non-hydrogen) atoms. The lowest BCUT2D eigenvalue weighted by Gasteiger charge is -2.36. The average molecular weight is 299 g/mol. The van der Waals surface area contributed by atoms with Crippen molar-refractivity contribution in [3.8, 4) is 0 Å². The molecule has 0 aromatic heterocycles. The van der Waals surface area contributed by atoms with Gasteiger partial charge in [0.15, 0.2) is 6.10 Å². The third kappa shape index (κ3) is 3.94. The highest BCUT2D eigenvalue weighted by Crippen LogP contribution is 2.19. The summed E-state index contributed by atoms with van der Waals surface area (Å²) in [5.74, 6) is -2.46. The standard InChI is InChI=1S/C13H21N3O5/c1-4-16(5-2)12(18)11-10(15-7(3)17)8(14)6-9(21-11)13(19)20/h6,8,10-11H,4-5,14H2,1-3H3,(H,15,17)(H,19,20)/t8-,10+,11+/m1/s1. The number of hydrogen-bond donors (Lipinski definition) is 3. The third-order valence-electron chi connectivity index (χ3n) is 3.24. The van der Waals surface area contributed by atoms with Gasteiger partial charge < -0.3 is 25.8 Å². The number of nitrogens with one attached hydrogen (secondary N) is 1. The third-order valence-corrected chi connectivity index (χ3v) is 3.24. The van der Waals surface area contributed by atoms with Crippen molar-refractivity contribution in [3.63, 3.8) is 0 Å². The summed E-state index contributed by atoms with van der Waals surface area (Å²) in [4.78, 5) is 36.2. The number of amides is 2. The van der Waals surface area contributed by atoms with Gasteiger partial charge in [0.05, 0.1) is 12.1 Å². The number of aliphatic carboxylic acids is 1. The van der Waals surface area contributed by atoms with Crippen LogP contribution in [0, 0.1) is 0 Å². The smallest absolute Gasteiger partial charge is 0.370 e. The summed E-state index contributed by atoms with van der Waals surface area (Å²) in [5.41, 5.74) is 5.86. The van der Waals surface area contributed by atoms with Crippen LogP contribution in [0.4, 0.5) is 0 Å². The summed E-state index contributed by atoms with van der Waals surface area (Å²) < 4.78 is 5.25. The quantitative estimate of drug-likeness (QED) is 0.602. The van der Waals surface area contributed by atoms with Crippen LogP contribution in [-0.2, 0) is 19.1 Å². The van der Waals surface area contributed by atoms with E-state index < -0.39 is 30.1 Å². The van der Waals surface area contributed by atoms with Gasteiger partial charge in [0.1, 0.15) is 0 Å². The molecule has 1 rings (SSSR count). The summed E-state index contributed by atoms with van der Waals surface area (Å²) in [7, 11) is 0. The molecule has 0 spiro atoms. The van der Waals surface area contributed by atoms with E-state index in [1.54, 1.807) is 13.8 Å². The Balaban J connectivity index is 3.09. The fourth-order valence-corrected chi connectivity index (χ4v) is 2.18. The number of carbonyl (C=O) groups excluding carboxylic acids is 2. The normalized spacial score (nSPS) is 24.6. The largest absolute Gasteiger partial charge is 0.475 e. The van der Waals surface area contributed by atoms with E-state index in [0.717, 1.165) is 0 Å². The highest BCUT2D eigenvalue weighted by Gasteiger charge is 2.41. The number of carboxylic acid groups (broad SMARTS) is 1. The van der Waals surface area contributed by atoms with Gasteiger partial charge >= 0.3 is 5.97 Å². The van der Waals surface area contributed by atoms with E-state index in [2.05, 4.69) is 5.32 Å². The van der Waals surface area contributed by atoms with Crippen LogP contribution in [0.2, 0.25) is 0 Å². The molecule has 1 aliphatic rings. The molecule has 0 aliphatic carbocycles. The highest BCUT2D eigenvalue weighted by molar-refractivity contribution is 5.88. The van der Waals surface area contributed by atoms with Crippen molar-refractivity contribution in [3.05, 3.63) is 11.8 Å². The zero-order valence-corrected chi connectivity index (χ0v) is 12.3. The Morgan fingerprint density at radius 2 is 1.95 bits per heavy atom. The van der Waals surface area contributed by atoms with Gasteiger partial charge in [0, 0.05) is 20.0 Å². The first-order valence-corrected chi connectivity index (χ1v) is 6.75. The van der Waals surface area contributed by atoms with Gasteiger partial charge in [-0.25, -0.2) is 4.79 Å². The van der Waals surface area contributed by atoms with Crippen LogP contribution in [0.5, 0.6) is 0 Å². The van der Waals surface area contributed by atoms with E-state index in [9.17, 15) is 14.4 Å². The Morgan fingerprint density at radius 3 is 2.38 bits per heavy atom. The van der Waals surface area contributed by atoms with E-state index in [1.165, 1.54) is 17.9 Å². The molecule has 0 fully saturated rings. The number of hydrogen-bond acceptors (Lipinski definition) is 5. The molecule has 1 aliphatic heterocycles. The van der Waals surface area contributed by atoms with E-state index in [0.29, 0.717) is 13.1 Å². The SMILES string of the molecule is CCN(CC)C(=O)[C@H]1OC(C(=O)O)=C[C@@H](N)[C@@H]1NC(C)=O. The van der Waals surface area contributed by atoms with Crippen molar-refractivity contribution in [2.24, 2.45) is 5.73 Å². The first-order valence-electron chi connectivity index (χ1n) is 6.75. The van der Waals surface area contributed by atoms with Crippen LogP contribution in [0.1, 0.15) is 20.8 Å². The van der Waals surface area contributed by atoms with Crippen molar-refractivity contribution in [2.45, 2.75) is 39.0 Å². The molecule has 0 radical (unpaired) electrons. The van der Waals surface area contributed by atoms with Crippen LogP contribution in [0.15, 0.2) is 11.8 Å². The number of carbonyl (C=O) groups is 3. The van der Waals surface area contributed by atoms with Crippen LogP contribution in [-0.4, -0.2) is 59.1 Å². The molecule has 118 valence electrons. The molecular weight excluding hydrogens is 278 g/mol. The number of likely N-dealkylation sites (N-methyl/N-ethyl adjacent to an activating group) is 1. The molecule has 3 atom stereocenters. The second-order valence-corrected chi connectivity index (χ2v) is 4.69. The molecular formula is C13H21N3O5. The molecule has 8 nitrogen and oxygen atoms in total. The van der Waals surface area contributed by atoms with E-state index in [-0.39, 0.29) is 11.7 Å². The number of rotatable bonds is 5. The van der Waals surface area contributed by atoms with Crippen LogP contribution < -0.4 is 11.1 Å². The maximum absolute atomic E-state index is 12.4. The predicted octanol–water partition coefficient (Wildman–Crippen LogP) is -0.946.